The molecule has 2 aromatic rings. The zero-order valence-electron chi connectivity index (χ0n) is 15.7. The summed E-state index contributed by atoms with van der Waals surface area (Å²) in [6, 6.07) is 8.46. The van der Waals surface area contributed by atoms with Gasteiger partial charge in [-0.2, -0.15) is 5.26 Å². The lowest BCUT2D eigenvalue weighted by molar-refractivity contribution is -0.274. The predicted octanol–water partition coefficient (Wildman–Crippen LogP) is 4.96. The first-order valence-electron chi connectivity index (χ1n) is 8.60. The fraction of sp³-hybridized carbons (Fsp3) is 0.300. The second kappa shape index (κ2) is 8.65. The van der Waals surface area contributed by atoms with Crippen molar-refractivity contribution in [3.8, 4) is 11.8 Å². The maximum atomic E-state index is 12.4. The molecule has 0 fully saturated rings. The minimum Gasteiger partial charge on any atom is -0.406 e. The van der Waals surface area contributed by atoms with Crippen LogP contribution in [-0.4, -0.2) is 16.8 Å². The van der Waals surface area contributed by atoms with Gasteiger partial charge in [0.05, 0.1) is 0 Å². The molecule has 0 bridgehead atoms. The Kier molecular flexibility index (Phi) is 6.52. The van der Waals surface area contributed by atoms with Crippen molar-refractivity contribution in [2.75, 3.05) is 5.32 Å². The molecular weight excluding hydrogens is 371 g/mol. The largest absolute Gasteiger partial charge is 0.573 e. The highest BCUT2D eigenvalue weighted by molar-refractivity contribution is 6.09. The lowest BCUT2D eigenvalue weighted by Gasteiger charge is -2.10. The summed E-state index contributed by atoms with van der Waals surface area (Å²) >= 11 is 0. The van der Waals surface area contributed by atoms with Crippen molar-refractivity contribution < 1.29 is 22.7 Å². The van der Waals surface area contributed by atoms with E-state index in [2.05, 4.69) is 21.5 Å². The smallest absolute Gasteiger partial charge is 0.406 e. The Morgan fingerprint density at radius 3 is 2.46 bits per heavy atom. The van der Waals surface area contributed by atoms with Gasteiger partial charge in [-0.1, -0.05) is 6.92 Å². The zero-order chi connectivity index (χ0) is 20.9. The second-order valence-corrected chi connectivity index (χ2v) is 6.17. The molecule has 0 radical (unpaired) electrons. The van der Waals surface area contributed by atoms with E-state index in [1.807, 2.05) is 26.0 Å². The molecule has 1 N–H and O–H groups in total. The van der Waals surface area contributed by atoms with Crippen LogP contribution in [0.15, 0.2) is 35.9 Å². The molecule has 0 atom stereocenters. The molecule has 28 heavy (non-hydrogen) atoms. The molecule has 8 heteroatoms. The molecular formula is C20H20F3N3O2. The highest BCUT2D eigenvalue weighted by atomic mass is 19.4. The maximum Gasteiger partial charge on any atom is 0.573 e. The fourth-order valence-corrected chi connectivity index (χ4v) is 2.78. The molecule has 0 spiro atoms. The number of hydrogen-bond acceptors (Lipinski definition) is 3. The van der Waals surface area contributed by atoms with Gasteiger partial charge in [-0.15, -0.1) is 13.2 Å². The van der Waals surface area contributed by atoms with Gasteiger partial charge in [0.15, 0.2) is 0 Å². The second-order valence-electron chi connectivity index (χ2n) is 6.17. The number of alkyl halides is 3. The summed E-state index contributed by atoms with van der Waals surface area (Å²) in [5, 5.41) is 11.8. The minimum atomic E-state index is -4.79. The first-order valence-corrected chi connectivity index (χ1v) is 8.60. The quantitative estimate of drug-likeness (QED) is 0.559. The molecule has 1 aromatic carbocycles. The first-order chi connectivity index (χ1) is 13.1. The van der Waals surface area contributed by atoms with E-state index in [0.717, 1.165) is 42.0 Å². The Balaban J connectivity index is 2.17. The summed E-state index contributed by atoms with van der Waals surface area (Å²) < 4.78 is 42.4. The molecule has 0 aliphatic rings. The van der Waals surface area contributed by atoms with Crippen LogP contribution in [0.3, 0.4) is 0 Å². The van der Waals surface area contributed by atoms with Crippen LogP contribution in [0.25, 0.3) is 6.08 Å². The maximum absolute atomic E-state index is 12.4. The van der Waals surface area contributed by atoms with Crippen molar-refractivity contribution in [2.45, 2.75) is 40.1 Å². The van der Waals surface area contributed by atoms with Gasteiger partial charge in [0.25, 0.3) is 5.91 Å². The van der Waals surface area contributed by atoms with Crippen LogP contribution in [0, 0.1) is 25.2 Å². The number of rotatable bonds is 6. The van der Waals surface area contributed by atoms with Crippen molar-refractivity contribution in [1.29, 1.82) is 5.26 Å². The summed E-state index contributed by atoms with van der Waals surface area (Å²) in [6.45, 7) is 6.77. The van der Waals surface area contributed by atoms with Crippen LogP contribution in [-0.2, 0) is 11.3 Å². The van der Waals surface area contributed by atoms with E-state index < -0.39 is 18.0 Å². The summed E-state index contributed by atoms with van der Waals surface area (Å²) in [5.41, 5.74) is 2.90. The Hall–Kier alpha value is -3.21. The van der Waals surface area contributed by atoms with Crippen molar-refractivity contribution >= 4 is 17.7 Å². The van der Waals surface area contributed by atoms with E-state index >= 15 is 0 Å². The van der Waals surface area contributed by atoms with Gasteiger partial charge >= 0.3 is 6.36 Å². The third-order valence-electron chi connectivity index (χ3n) is 4.07. The van der Waals surface area contributed by atoms with E-state index in [4.69, 9.17) is 0 Å². The number of nitriles is 1. The number of nitrogens with one attached hydrogen (secondary N) is 1. The average Bonchev–Trinajstić information content (AvgIpc) is 2.87. The molecule has 5 nitrogen and oxygen atoms in total. The SMILES string of the molecule is CCCn1c(C)cc(/C=C(\C#N)C(=O)Nc2ccc(OC(F)(F)F)cc2)c1C. The lowest BCUT2D eigenvalue weighted by Crippen LogP contribution is -2.17. The highest BCUT2D eigenvalue weighted by Gasteiger charge is 2.31. The molecule has 2 rings (SSSR count). The third kappa shape index (κ3) is 5.39. The van der Waals surface area contributed by atoms with E-state index in [0.29, 0.717) is 0 Å². The van der Waals surface area contributed by atoms with Gasteiger partial charge in [-0.3, -0.25) is 4.79 Å². The van der Waals surface area contributed by atoms with E-state index in [1.54, 1.807) is 0 Å². The number of anilines is 1. The van der Waals surface area contributed by atoms with Crippen LogP contribution in [0.1, 0.15) is 30.3 Å². The predicted molar refractivity (Wildman–Crippen MR) is 99.5 cm³/mol. The van der Waals surface area contributed by atoms with Crippen molar-refractivity contribution in [1.82, 2.24) is 4.57 Å². The molecule has 1 heterocycles. The Morgan fingerprint density at radius 2 is 1.93 bits per heavy atom. The van der Waals surface area contributed by atoms with E-state index in [9.17, 15) is 23.2 Å². The molecule has 0 saturated heterocycles. The van der Waals surface area contributed by atoms with Gasteiger partial charge in [-0.05, 0) is 62.2 Å². The molecule has 0 unspecified atom stereocenters. The number of halogens is 3. The number of carbonyl (C=O) groups excluding carboxylic acids is 1. The van der Waals surface area contributed by atoms with Gasteiger partial charge in [0.1, 0.15) is 17.4 Å². The topological polar surface area (TPSA) is 67.0 Å². The van der Waals surface area contributed by atoms with Crippen LogP contribution in [0.5, 0.6) is 5.75 Å². The normalized spacial score (nSPS) is 11.8. The zero-order valence-corrected chi connectivity index (χ0v) is 15.7. The lowest BCUT2D eigenvalue weighted by atomic mass is 10.1. The summed E-state index contributed by atoms with van der Waals surface area (Å²) in [4.78, 5) is 12.4. The summed E-state index contributed by atoms with van der Waals surface area (Å²) in [6.07, 6.45) is -2.32. The van der Waals surface area contributed by atoms with Crippen LogP contribution >= 0.6 is 0 Å². The van der Waals surface area contributed by atoms with Crippen molar-refractivity contribution in [3.05, 3.63) is 52.9 Å². The van der Waals surface area contributed by atoms with Crippen LogP contribution in [0.2, 0.25) is 0 Å². The van der Waals surface area contributed by atoms with Crippen molar-refractivity contribution in [3.63, 3.8) is 0 Å². The van der Waals surface area contributed by atoms with E-state index in [-0.39, 0.29) is 11.3 Å². The number of aryl methyl sites for hydroxylation is 1. The molecule has 1 aromatic heterocycles. The van der Waals surface area contributed by atoms with Crippen LogP contribution < -0.4 is 10.1 Å². The molecule has 148 valence electrons. The Morgan fingerprint density at radius 1 is 1.29 bits per heavy atom. The third-order valence-corrected chi connectivity index (χ3v) is 4.07. The number of hydrogen-bond donors (Lipinski definition) is 1. The molecule has 0 aliphatic heterocycles. The number of benzene rings is 1. The number of nitrogens with zero attached hydrogens (tertiary/aromatic N) is 2. The van der Waals surface area contributed by atoms with Gasteiger partial charge in [0.2, 0.25) is 0 Å². The Labute approximate surface area is 161 Å². The van der Waals surface area contributed by atoms with Gasteiger partial charge < -0.3 is 14.6 Å². The average molecular weight is 391 g/mol. The first kappa shape index (κ1) is 21.1. The summed E-state index contributed by atoms with van der Waals surface area (Å²) in [5.74, 6) is -1.04. The summed E-state index contributed by atoms with van der Waals surface area (Å²) in [7, 11) is 0. The molecule has 0 aliphatic carbocycles. The van der Waals surface area contributed by atoms with Crippen LogP contribution in [0.4, 0.5) is 18.9 Å². The Bertz CT molecular complexity index is 920. The number of aromatic nitrogens is 1. The fourth-order valence-electron chi connectivity index (χ4n) is 2.78. The van der Waals surface area contributed by atoms with Crippen molar-refractivity contribution in [2.24, 2.45) is 0 Å². The highest BCUT2D eigenvalue weighted by Crippen LogP contribution is 2.24. The van der Waals surface area contributed by atoms with Gasteiger partial charge in [-0.25, -0.2) is 0 Å². The monoisotopic (exact) mass is 391 g/mol. The number of amides is 1. The van der Waals surface area contributed by atoms with E-state index in [1.165, 1.54) is 18.2 Å². The minimum absolute atomic E-state index is 0.104. The molecule has 1 amide bonds. The number of ether oxygens (including phenoxy) is 1. The molecule has 0 saturated carbocycles. The standard InChI is InChI=1S/C20H20F3N3O2/c1-4-9-26-13(2)10-15(14(26)3)11-16(12-24)19(27)25-17-5-7-18(8-6-17)28-20(21,22)23/h5-8,10-11H,4,9H2,1-3H3,(H,25,27)/b16-11+. The number of carbonyl (C=O) groups is 1. The van der Waals surface area contributed by atoms with Gasteiger partial charge in [0, 0.05) is 23.6 Å².